The molecule has 0 saturated carbocycles. The summed E-state index contributed by atoms with van der Waals surface area (Å²) in [6.07, 6.45) is 2.90. The second kappa shape index (κ2) is 8.32. The third-order valence-electron chi connectivity index (χ3n) is 5.35. The predicted octanol–water partition coefficient (Wildman–Crippen LogP) is 4.60. The second-order valence-electron chi connectivity index (χ2n) is 7.62. The van der Waals surface area contributed by atoms with Crippen LogP contribution in [-0.2, 0) is 16.4 Å². The number of benzene rings is 3. The number of rotatable bonds is 5. The van der Waals surface area contributed by atoms with Crippen molar-refractivity contribution in [3.8, 4) is 0 Å². The zero-order valence-corrected chi connectivity index (χ0v) is 17.6. The molecule has 0 unspecified atom stereocenters. The zero-order chi connectivity index (χ0) is 21.1. The fourth-order valence-corrected chi connectivity index (χ4v) is 4.97. The largest absolute Gasteiger partial charge is 0.345 e. The minimum absolute atomic E-state index is 0.0562. The molecule has 3 aromatic carbocycles. The van der Waals surface area contributed by atoms with Crippen molar-refractivity contribution in [1.29, 1.82) is 0 Å². The molecule has 1 aliphatic carbocycles. The molecule has 5 nitrogen and oxygen atoms in total. The summed E-state index contributed by atoms with van der Waals surface area (Å²) in [6.45, 7) is 1.90. The van der Waals surface area contributed by atoms with Crippen LogP contribution in [0.15, 0.2) is 77.7 Å². The molecule has 0 radical (unpaired) electrons. The quantitative estimate of drug-likeness (QED) is 0.633. The Morgan fingerprint density at radius 3 is 2.60 bits per heavy atom. The fraction of sp³-hybridized carbons (Fsp3) is 0.208. The van der Waals surface area contributed by atoms with E-state index < -0.39 is 10.0 Å². The van der Waals surface area contributed by atoms with Gasteiger partial charge < -0.3 is 5.32 Å². The lowest BCUT2D eigenvalue weighted by molar-refractivity contribution is 0.0932. The van der Waals surface area contributed by atoms with Gasteiger partial charge in [-0.25, -0.2) is 8.42 Å². The Bertz CT molecular complexity index is 1190. The molecule has 1 aliphatic rings. The molecular formula is C24H24N2O3S. The number of hydrogen-bond acceptors (Lipinski definition) is 3. The van der Waals surface area contributed by atoms with Crippen LogP contribution >= 0.6 is 0 Å². The van der Waals surface area contributed by atoms with E-state index in [9.17, 15) is 13.2 Å². The summed E-state index contributed by atoms with van der Waals surface area (Å²) in [4.78, 5) is 12.9. The third kappa shape index (κ3) is 4.39. The Kier molecular flexibility index (Phi) is 5.59. The molecule has 0 spiro atoms. The van der Waals surface area contributed by atoms with E-state index in [1.165, 1.54) is 17.7 Å². The predicted molar refractivity (Wildman–Crippen MR) is 118 cm³/mol. The number of fused-ring (bicyclic) bond motifs is 1. The fourth-order valence-electron chi connectivity index (χ4n) is 3.87. The number of carbonyl (C=O) groups is 1. The summed E-state index contributed by atoms with van der Waals surface area (Å²) in [5.41, 5.74) is 4.17. The molecule has 1 atom stereocenters. The van der Waals surface area contributed by atoms with Gasteiger partial charge in [-0.05, 0) is 73.2 Å². The molecule has 0 fully saturated rings. The van der Waals surface area contributed by atoms with Gasteiger partial charge in [0.25, 0.3) is 15.9 Å². The van der Waals surface area contributed by atoms with Crippen molar-refractivity contribution in [2.24, 2.45) is 0 Å². The number of nitrogens with one attached hydrogen (secondary N) is 2. The van der Waals surface area contributed by atoms with Gasteiger partial charge in [0.15, 0.2) is 0 Å². The van der Waals surface area contributed by atoms with Crippen LogP contribution in [0.2, 0.25) is 0 Å². The maximum atomic E-state index is 12.9. The highest BCUT2D eigenvalue weighted by Crippen LogP contribution is 2.29. The normalized spacial score (nSPS) is 15.8. The monoisotopic (exact) mass is 420 g/mol. The van der Waals surface area contributed by atoms with Gasteiger partial charge in [-0.3, -0.25) is 9.52 Å². The van der Waals surface area contributed by atoms with E-state index in [0.29, 0.717) is 11.3 Å². The van der Waals surface area contributed by atoms with Crippen LogP contribution < -0.4 is 10.0 Å². The third-order valence-corrected chi connectivity index (χ3v) is 6.73. The average Bonchev–Trinajstić information content (AvgIpc) is 2.74. The molecule has 3 aromatic rings. The lowest BCUT2D eigenvalue weighted by Gasteiger charge is -2.26. The first kappa shape index (κ1) is 20.2. The summed E-state index contributed by atoms with van der Waals surface area (Å²) in [6, 6.07) is 21.3. The van der Waals surface area contributed by atoms with Crippen LogP contribution in [0.25, 0.3) is 0 Å². The van der Waals surface area contributed by atoms with E-state index in [1.54, 1.807) is 30.3 Å². The van der Waals surface area contributed by atoms with Gasteiger partial charge in [0.05, 0.1) is 10.9 Å². The Balaban J connectivity index is 1.54. The van der Waals surface area contributed by atoms with E-state index >= 15 is 0 Å². The summed E-state index contributed by atoms with van der Waals surface area (Å²) in [5, 5.41) is 3.07. The Morgan fingerprint density at radius 2 is 1.77 bits per heavy atom. The number of carbonyl (C=O) groups excluding carboxylic acids is 1. The van der Waals surface area contributed by atoms with Crippen molar-refractivity contribution >= 4 is 21.6 Å². The maximum Gasteiger partial charge on any atom is 0.261 e. The van der Waals surface area contributed by atoms with Crippen LogP contribution in [0.4, 0.5) is 5.69 Å². The number of hydrogen-bond donors (Lipinski definition) is 2. The standard InChI is InChI=1S/C24H24N2O3S/c1-17-7-4-11-20(15-17)26-30(28,29)21-12-5-10-19(16-21)24(27)25-23-14-6-9-18-8-2-3-13-22(18)23/h2-5,7-8,10-13,15-16,23,26H,6,9,14H2,1H3,(H,25,27)/t23-/m1/s1. The minimum Gasteiger partial charge on any atom is -0.345 e. The number of amides is 1. The van der Waals surface area contributed by atoms with E-state index in [2.05, 4.69) is 16.1 Å². The van der Waals surface area contributed by atoms with E-state index in [1.807, 2.05) is 31.2 Å². The Labute approximate surface area is 177 Å². The van der Waals surface area contributed by atoms with Crippen molar-refractivity contribution in [3.05, 3.63) is 95.1 Å². The van der Waals surface area contributed by atoms with Gasteiger partial charge in [-0.2, -0.15) is 0 Å². The molecule has 6 heteroatoms. The molecule has 30 heavy (non-hydrogen) atoms. The van der Waals surface area contributed by atoms with Crippen LogP contribution in [0, 0.1) is 6.92 Å². The van der Waals surface area contributed by atoms with Gasteiger partial charge >= 0.3 is 0 Å². The summed E-state index contributed by atoms with van der Waals surface area (Å²) < 4.78 is 28.2. The van der Waals surface area contributed by atoms with E-state index in [4.69, 9.17) is 0 Å². The molecule has 154 valence electrons. The topological polar surface area (TPSA) is 75.3 Å². The highest BCUT2D eigenvalue weighted by molar-refractivity contribution is 7.92. The molecule has 1 amide bonds. The van der Waals surface area contributed by atoms with Crippen LogP contribution in [-0.4, -0.2) is 14.3 Å². The highest BCUT2D eigenvalue weighted by atomic mass is 32.2. The molecule has 2 N–H and O–H groups in total. The summed E-state index contributed by atoms with van der Waals surface area (Å²) in [7, 11) is -3.80. The van der Waals surface area contributed by atoms with E-state index in [0.717, 1.165) is 30.4 Å². The number of aryl methyl sites for hydroxylation is 2. The molecule has 0 aromatic heterocycles. The highest BCUT2D eigenvalue weighted by Gasteiger charge is 2.23. The van der Waals surface area contributed by atoms with Crippen LogP contribution in [0.5, 0.6) is 0 Å². The lowest BCUT2D eigenvalue weighted by Crippen LogP contribution is -2.31. The van der Waals surface area contributed by atoms with Crippen molar-refractivity contribution in [1.82, 2.24) is 5.32 Å². The Hall–Kier alpha value is -3.12. The summed E-state index contributed by atoms with van der Waals surface area (Å²) >= 11 is 0. The second-order valence-corrected chi connectivity index (χ2v) is 9.30. The smallest absolute Gasteiger partial charge is 0.261 e. The van der Waals surface area contributed by atoms with Crippen molar-refractivity contribution in [2.75, 3.05) is 4.72 Å². The molecule has 0 saturated heterocycles. The lowest BCUT2D eigenvalue weighted by atomic mass is 9.87. The number of anilines is 1. The van der Waals surface area contributed by atoms with Crippen LogP contribution in [0.3, 0.4) is 0 Å². The minimum atomic E-state index is -3.80. The first-order valence-corrected chi connectivity index (χ1v) is 11.5. The molecule has 0 aliphatic heterocycles. The molecule has 0 bridgehead atoms. The first-order valence-electron chi connectivity index (χ1n) is 10.0. The average molecular weight is 421 g/mol. The summed E-state index contributed by atoms with van der Waals surface area (Å²) in [5.74, 6) is -0.274. The number of sulfonamides is 1. The maximum absolute atomic E-state index is 12.9. The molecule has 4 rings (SSSR count). The molecule has 0 heterocycles. The molecular weight excluding hydrogens is 396 g/mol. The Morgan fingerprint density at radius 1 is 0.967 bits per heavy atom. The van der Waals surface area contributed by atoms with Gasteiger partial charge in [-0.15, -0.1) is 0 Å². The van der Waals surface area contributed by atoms with Crippen molar-refractivity contribution in [2.45, 2.75) is 37.1 Å². The SMILES string of the molecule is Cc1cccc(NS(=O)(=O)c2cccc(C(=O)N[C@@H]3CCCc4ccccc43)c2)c1. The van der Waals surface area contributed by atoms with Gasteiger partial charge in [0.2, 0.25) is 0 Å². The van der Waals surface area contributed by atoms with Crippen molar-refractivity contribution in [3.63, 3.8) is 0 Å². The van der Waals surface area contributed by atoms with Crippen molar-refractivity contribution < 1.29 is 13.2 Å². The van der Waals surface area contributed by atoms with Gasteiger partial charge in [-0.1, -0.05) is 42.5 Å². The van der Waals surface area contributed by atoms with E-state index in [-0.39, 0.29) is 16.8 Å². The van der Waals surface area contributed by atoms with Gasteiger partial charge in [0, 0.05) is 11.3 Å². The van der Waals surface area contributed by atoms with Crippen LogP contribution in [0.1, 0.15) is 45.9 Å². The zero-order valence-electron chi connectivity index (χ0n) is 16.8. The first-order chi connectivity index (χ1) is 14.4. The van der Waals surface area contributed by atoms with Gasteiger partial charge in [0.1, 0.15) is 0 Å².